The second kappa shape index (κ2) is 5.36. The van der Waals surface area contributed by atoms with Crippen molar-refractivity contribution in [3.8, 4) is 17.2 Å². The Morgan fingerprint density at radius 2 is 2.00 bits per heavy atom. The van der Waals surface area contributed by atoms with Crippen molar-refractivity contribution in [2.24, 2.45) is 0 Å². The zero-order chi connectivity index (χ0) is 14.8. The van der Waals surface area contributed by atoms with E-state index in [0.717, 1.165) is 0 Å². The summed E-state index contributed by atoms with van der Waals surface area (Å²) in [6.07, 6.45) is 0. The van der Waals surface area contributed by atoms with Gasteiger partial charge in [0, 0.05) is 22.9 Å². The van der Waals surface area contributed by atoms with Gasteiger partial charge in [0.25, 0.3) is 0 Å². The Hall–Kier alpha value is -2.69. The minimum atomic E-state index is -0.174. The summed E-state index contributed by atoms with van der Waals surface area (Å²) in [5.41, 5.74) is 7.22. The molecular weight excluding hydrogens is 270 g/mol. The first kappa shape index (κ1) is 13.3. The van der Waals surface area contributed by atoms with Crippen molar-refractivity contribution in [3.05, 3.63) is 47.5 Å². The van der Waals surface area contributed by atoms with Crippen LogP contribution in [-0.4, -0.2) is 19.2 Å². The number of anilines is 1. The van der Waals surface area contributed by atoms with Crippen molar-refractivity contribution in [1.29, 1.82) is 0 Å². The summed E-state index contributed by atoms with van der Waals surface area (Å²) in [4.78, 5) is 12.6. The zero-order valence-electron chi connectivity index (χ0n) is 11.6. The maximum absolute atomic E-state index is 12.6. The summed E-state index contributed by atoms with van der Waals surface area (Å²) in [6.45, 7) is 2.58. The number of benzene rings is 2. The molecule has 1 aliphatic heterocycles. The number of hydrogen-bond acceptors (Lipinski definition) is 5. The van der Waals surface area contributed by atoms with Crippen LogP contribution in [0.4, 0.5) is 5.69 Å². The fourth-order valence-electron chi connectivity index (χ4n) is 2.20. The first-order valence-electron chi connectivity index (χ1n) is 6.65. The maximum Gasteiger partial charge on any atom is 0.231 e. The van der Waals surface area contributed by atoms with Crippen LogP contribution in [-0.2, 0) is 0 Å². The van der Waals surface area contributed by atoms with Gasteiger partial charge in [-0.2, -0.15) is 0 Å². The average molecular weight is 285 g/mol. The van der Waals surface area contributed by atoms with Gasteiger partial charge >= 0.3 is 0 Å². The largest absolute Gasteiger partial charge is 0.494 e. The van der Waals surface area contributed by atoms with Crippen LogP contribution in [0.5, 0.6) is 17.2 Å². The minimum Gasteiger partial charge on any atom is -0.494 e. The molecule has 0 amide bonds. The van der Waals surface area contributed by atoms with E-state index in [4.69, 9.17) is 19.9 Å². The van der Waals surface area contributed by atoms with Gasteiger partial charge in [-0.25, -0.2) is 0 Å². The normalized spacial score (nSPS) is 12.2. The third kappa shape index (κ3) is 2.50. The number of carbonyl (C=O) groups excluding carboxylic acids is 1. The smallest absolute Gasteiger partial charge is 0.231 e. The van der Waals surface area contributed by atoms with E-state index < -0.39 is 0 Å². The van der Waals surface area contributed by atoms with Gasteiger partial charge in [0.15, 0.2) is 17.3 Å². The molecule has 1 heterocycles. The average Bonchev–Trinajstić information content (AvgIpc) is 2.93. The summed E-state index contributed by atoms with van der Waals surface area (Å²) in [6, 6.07) is 10.3. The van der Waals surface area contributed by atoms with Gasteiger partial charge in [-0.05, 0) is 25.1 Å². The molecule has 0 spiro atoms. The fraction of sp³-hybridized carbons (Fsp3) is 0.188. The number of fused-ring (bicyclic) bond motifs is 1. The van der Waals surface area contributed by atoms with E-state index >= 15 is 0 Å². The molecule has 0 saturated heterocycles. The Kier molecular flexibility index (Phi) is 3.39. The van der Waals surface area contributed by atoms with Gasteiger partial charge in [-0.3, -0.25) is 4.79 Å². The van der Waals surface area contributed by atoms with Crippen LogP contribution >= 0.6 is 0 Å². The molecule has 0 bridgehead atoms. The number of rotatable bonds is 4. The first-order chi connectivity index (χ1) is 10.2. The number of nitrogens with two attached hydrogens (primary N) is 1. The number of ether oxygens (including phenoxy) is 3. The molecule has 0 saturated carbocycles. The first-order valence-corrected chi connectivity index (χ1v) is 6.65. The quantitative estimate of drug-likeness (QED) is 0.690. The molecule has 0 radical (unpaired) electrons. The molecule has 108 valence electrons. The second-order valence-electron chi connectivity index (χ2n) is 4.58. The Morgan fingerprint density at radius 1 is 1.24 bits per heavy atom. The maximum atomic E-state index is 12.6. The van der Waals surface area contributed by atoms with Gasteiger partial charge in [0.05, 0.1) is 6.61 Å². The Labute approximate surface area is 122 Å². The monoisotopic (exact) mass is 285 g/mol. The van der Waals surface area contributed by atoms with Crippen LogP contribution in [0.25, 0.3) is 0 Å². The lowest BCUT2D eigenvalue weighted by molar-refractivity contribution is 0.103. The Balaban J connectivity index is 1.97. The van der Waals surface area contributed by atoms with E-state index in [2.05, 4.69) is 0 Å². The van der Waals surface area contributed by atoms with Crippen LogP contribution in [0.15, 0.2) is 36.4 Å². The third-order valence-electron chi connectivity index (χ3n) is 3.20. The Bertz CT molecular complexity index is 697. The van der Waals surface area contributed by atoms with Crippen molar-refractivity contribution in [3.63, 3.8) is 0 Å². The predicted molar refractivity (Wildman–Crippen MR) is 78.0 cm³/mol. The number of nitrogen functional groups attached to an aromatic ring is 1. The molecule has 2 aromatic carbocycles. The molecule has 3 rings (SSSR count). The lowest BCUT2D eigenvalue weighted by atomic mass is 10.0. The molecule has 0 aromatic heterocycles. The number of hydrogen-bond donors (Lipinski definition) is 1. The summed E-state index contributed by atoms with van der Waals surface area (Å²) in [7, 11) is 0. The van der Waals surface area contributed by atoms with E-state index in [-0.39, 0.29) is 12.6 Å². The molecule has 5 nitrogen and oxygen atoms in total. The molecule has 0 atom stereocenters. The summed E-state index contributed by atoms with van der Waals surface area (Å²) >= 11 is 0. The van der Waals surface area contributed by atoms with Gasteiger partial charge in [-0.1, -0.05) is 12.1 Å². The minimum absolute atomic E-state index is 0.145. The van der Waals surface area contributed by atoms with Crippen molar-refractivity contribution in [2.45, 2.75) is 6.92 Å². The Morgan fingerprint density at radius 3 is 2.76 bits per heavy atom. The highest BCUT2D eigenvalue weighted by Crippen LogP contribution is 2.36. The molecule has 21 heavy (non-hydrogen) atoms. The molecule has 0 unspecified atom stereocenters. The molecule has 2 N–H and O–H groups in total. The van der Waals surface area contributed by atoms with Gasteiger partial charge in [-0.15, -0.1) is 0 Å². The van der Waals surface area contributed by atoms with Gasteiger partial charge in [0.1, 0.15) is 5.75 Å². The molecular formula is C16H15NO4. The van der Waals surface area contributed by atoms with E-state index in [0.29, 0.717) is 40.7 Å². The van der Waals surface area contributed by atoms with Crippen LogP contribution in [0, 0.1) is 0 Å². The van der Waals surface area contributed by atoms with Crippen LogP contribution in [0.2, 0.25) is 0 Å². The summed E-state index contributed by atoms with van der Waals surface area (Å²) in [5, 5.41) is 0. The summed E-state index contributed by atoms with van der Waals surface area (Å²) < 4.78 is 15.9. The number of carbonyl (C=O) groups is 1. The van der Waals surface area contributed by atoms with Crippen LogP contribution < -0.4 is 19.9 Å². The lowest BCUT2D eigenvalue weighted by Crippen LogP contribution is -2.06. The molecule has 0 fully saturated rings. The van der Waals surface area contributed by atoms with Gasteiger partial charge in [0.2, 0.25) is 6.79 Å². The van der Waals surface area contributed by atoms with Crippen molar-refractivity contribution in [2.75, 3.05) is 19.1 Å². The summed E-state index contributed by atoms with van der Waals surface area (Å²) in [5.74, 6) is 1.58. The van der Waals surface area contributed by atoms with Crippen LogP contribution in [0.3, 0.4) is 0 Å². The molecule has 1 aliphatic rings. The van der Waals surface area contributed by atoms with Crippen molar-refractivity contribution >= 4 is 11.5 Å². The van der Waals surface area contributed by atoms with Crippen molar-refractivity contribution < 1.29 is 19.0 Å². The van der Waals surface area contributed by atoms with Crippen molar-refractivity contribution in [1.82, 2.24) is 0 Å². The van der Waals surface area contributed by atoms with Crippen LogP contribution in [0.1, 0.15) is 22.8 Å². The van der Waals surface area contributed by atoms with Gasteiger partial charge < -0.3 is 19.9 Å². The second-order valence-corrected chi connectivity index (χ2v) is 4.58. The predicted octanol–water partition coefficient (Wildman–Crippen LogP) is 2.63. The highest BCUT2D eigenvalue weighted by atomic mass is 16.7. The zero-order valence-corrected chi connectivity index (χ0v) is 11.6. The highest BCUT2D eigenvalue weighted by molar-refractivity contribution is 6.12. The topological polar surface area (TPSA) is 70.8 Å². The SMILES string of the molecule is CCOc1cccc(C(=O)c2cc3c(cc2N)OCO3)c1. The highest BCUT2D eigenvalue weighted by Gasteiger charge is 2.20. The van der Waals surface area contributed by atoms with E-state index in [1.54, 1.807) is 30.3 Å². The van der Waals surface area contributed by atoms with E-state index in [1.165, 1.54) is 0 Å². The molecule has 0 aliphatic carbocycles. The standard InChI is InChI=1S/C16H15NO4/c1-2-19-11-5-3-4-10(6-11)16(18)12-7-14-15(8-13(12)17)21-9-20-14/h3-8H,2,9,17H2,1H3. The molecule has 2 aromatic rings. The third-order valence-corrected chi connectivity index (χ3v) is 3.20. The fourth-order valence-corrected chi connectivity index (χ4v) is 2.20. The van der Waals surface area contributed by atoms with E-state index in [1.807, 2.05) is 13.0 Å². The number of ketones is 1. The lowest BCUT2D eigenvalue weighted by Gasteiger charge is -2.08. The van der Waals surface area contributed by atoms with E-state index in [9.17, 15) is 4.79 Å². The molecule has 5 heteroatoms.